The largest absolute Gasteiger partial charge is 0.308 e. The molecule has 2 aromatic rings. The molecule has 96 valence electrons. The SMILES string of the molecule is O=C(c1ccncc1)N1CCCc2cc(Cl)ccc21. The highest BCUT2D eigenvalue weighted by atomic mass is 35.5. The van der Waals surface area contributed by atoms with E-state index in [0.717, 1.165) is 35.7 Å². The highest BCUT2D eigenvalue weighted by molar-refractivity contribution is 6.30. The van der Waals surface area contributed by atoms with Gasteiger partial charge in [0.25, 0.3) is 5.91 Å². The second-order valence-corrected chi connectivity index (χ2v) is 5.01. The van der Waals surface area contributed by atoms with Crippen molar-refractivity contribution in [3.63, 3.8) is 0 Å². The Bertz CT molecular complexity index is 613. The summed E-state index contributed by atoms with van der Waals surface area (Å²) in [5, 5.41) is 0.719. The maximum absolute atomic E-state index is 12.5. The van der Waals surface area contributed by atoms with Gasteiger partial charge in [-0.2, -0.15) is 0 Å². The van der Waals surface area contributed by atoms with Crippen LogP contribution in [0.4, 0.5) is 5.69 Å². The molecule has 0 unspecified atom stereocenters. The summed E-state index contributed by atoms with van der Waals surface area (Å²) in [5.41, 5.74) is 2.77. The molecule has 0 spiro atoms. The molecule has 1 aromatic carbocycles. The monoisotopic (exact) mass is 272 g/mol. The van der Waals surface area contributed by atoms with E-state index in [2.05, 4.69) is 4.98 Å². The molecular weight excluding hydrogens is 260 g/mol. The van der Waals surface area contributed by atoms with E-state index >= 15 is 0 Å². The number of carbonyl (C=O) groups excluding carboxylic acids is 1. The maximum atomic E-state index is 12.5. The van der Waals surface area contributed by atoms with Gasteiger partial charge in [0, 0.05) is 35.2 Å². The zero-order valence-electron chi connectivity index (χ0n) is 10.3. The van der Waals surface area contributed by atoms with E-state index in [1.54, 1.807) is 24.5 Å². The van der Waals surface area contributed by atoms with Crippen LogP contribution < -0.4 is 4.90 Å². The Morgan fingerprint density at radius 3 is 2.79 bits per heavy atom. The number of carbonyl (C=O) groups is 1. The lowest BCUT2D eigenvalue weighted by atomic mass is 10.0. The number of anilines is 1. The Hall–Kier alpha value is -1.87. The number of aryl methyl sites for hydroxylation is 1. The number of hydrogen-bond donors (Lipinski definition) is 0. The summed E-state index contributed by atoms with van der Waals surface area (Å²) in [7, 11) is 0. The normalized spacial score (nSPS) is 14.1. The summed E-state index contributed by atoms with van der Waals surface area (Å²) in [5.74, 6) is 0.0191. The maximum Gasteiger partial charge on any atom is 0.258 e. The average molecular weight is 273 g/mol. The number of halogens is 1. The Balaban J connectivity index is 1.98. The van der Waals surface area contributed by atoms with E-state index in [1.807, 2.05) is 23.1 Å². The lowest BCUT2D eigenvalue weighted by Gasteiger charge is -2.29. The van der Waals surface area contributed by atoms with E-state index in [0.29, 0.717) is 5.56 Å². The van der Waals surface area contributed by atoms with Crippen molar-refractivity contribution >= 4 is 23.2 Å². The molecule has 0 fully saturated rings. The fourth-order valence-electron chi connectivity index (χ4n) is 2.43. The molecule has 0 radical (unpaired) electrons. The molecule has 0 bridgehead atoms. The lowest BCUT2D eigenvalue weighted by molar-refractivity contribution is 0.0985. The third-order valence-corrected chi connectivity index (χ3v) is 3.57. The van der Waals surface area contributed by atoms with Crippen LogP contribution in [-0.2, 0) is 6.42 Å². The van der Waals surface area contributed by atoms with Crippen molar-refractivity contribution in [1.82, 2.24) is 4.98 Å². The molecule has 3 nitrogen and oxygen atoms in total. The topological polar surface area (TPSA) is 33.2 Å². The molecule has 19 heavy (non-hydrogen) atoms. The Labute approximate surface area is 116 Å². The average Bonchev–Trinajstić information content (AvgIpc) is 2.46. The number of benzene rings is 1. The molecular formula is C15H13ClN2O. The molecule has 0 saturated heterocycles. The minimum Gasteiger partial charge on any atom is -0.308 e. The smallest absolute Gasteiger partial charge is 0.258 e. The number of aromatic nitrogens is 1. The number of nitrogens with zero attached hydrogens (tertiary/aromatic N) is 2. The van der Waals surface area contributed by atoms with Crippen LogP contribution in [-0.4, -0.2) is 17.4 Å². The van der Waals surface area contributed by atoms with Gasteiger partial charge >= 0.3 is 0 Å². The fraction of sp³-hybridized carbons (Fsp3) is 0.200. The lowest BCUT2D eigenvalue weighted by Crippen LogP contribution is -2.35. The predicted molar refractivity (Wildman–Crippen MR) is 75.7 cm³/mol. The van der Waals surface area contributed by atoms with Gasteiger partial charge in [-0.05, 0) is 48.7 Å². The van der Waals surface area contributed by atoms with Crippen LogP contribution in [0.1, 0.15) is 22.3 Å². The van der Waals surface area contributed by atoms with Crippen LogP contribution in [0, 0.1) is 0 Å². The number of pyridine rings is 1. The predicted octanol–water partition coefficient (Wildman–Crippen LogP) is 3.33. The van der Waals surface area contributed by atoms with E-state index in [9.17, 15) is 4.79 Å². The summed E-state index contributed by atoms with van der Waals surface area (Å²) in [6.45, 7) is 0.746. The van der Waals surface area contributed by atoms with E-state index in [4.69, 9.17) is 11.6 Å². The van der Waals surface area contributed by atoms with Gasteiger partial charge < -0.3 is 4.90 Å². The first-order chi connectivity index (χ1) is 9.25. The van der Waals surface area contributed by atoms with Crippen LogP contribution in [0.25, 0.3) is 0 Å². The summed E-state index contributed by atoms with van der Waals surface area (Å²) in [6.07, 6.45) is 5.21. The molecule has 1 aliphatic rings. The highest BCUT2D eigenvalue weighted by Gasteiger charge is 2.23. The van der Waals surface area contributed by atoms with Gasteiger partial charge in [0.15, 0.2) is 0 Å². The molecule has 3 rings (SSSR count). The first-order valence-corrected chi connectivity index (χ1v) is 6.64. The van der Waals surface area contributed by atoms with Crippen LogP contribution in [0.3, 0.4) is 0 Å². The van der Waals surface area contributed by atoms with E-state index in [-0.39, 0.29) is 5.91 Å². The third-order valence-electron chi connectivity index (χ3n) is 3.33. The van der Waals surface area contributed by atoms with Gasteiger partial charge in [-0.25, -0.2) is 0 Å². The van der Waals surface area contributed by atoms with Crippen molar-refractivity contribution in [2.75, 3.05) is 11.4 Å². The molecule has 4 heteroatoms. The zero-order chi connectivity index (χ0) is 13.2. The summed E-state index contributed by atoms with van der Waals surface area (Å²) < 4.78 is 0. The van der Waals surface area contributed by atoms with Crippen molar-refractivity contribution in [2.24, 2.45) is 0 Å². The van der Waals surface area contributed by atoms with Crippen molar-refractivity contribution in [3.05, 3.63) is 58.9 Å². The van der Waals surface area contributed by atoms with Crippen molar-refractivity contribution in [2.45, 2.75) is 12.8 Å². The number of fused-ring (bicyclic) bond motifs is 1. The standard InChI is InChI=1S/C15H13ClN2O/c16-13-3-4-14-12(10-13)2-1-9-18(14)15(19)11-5-7-17-8-6-11/h3-8,10H,1-2,9H2. The van der Waals surface area contributed by atoms with Gasteiger partial charge in [0.2, 0.25) is 0 Å². The Morgan fingerprint density at radius 2 is 2.00 bits per heavy atom. The van der Waals surface area contributed by atoms with E-state index in [1.165, 1.54) is 0 Å². The first-order valence-electron chi connectivity index (χ1n) is 6.26. The molecule has 1 amide bonds. The Kier molecular flexibility index (Phi) is 3.22. The fourth-order valence-corrected chi connectivity index (χ4v) is 2.62. The minimum atomic E-state index is 0.0191. The van der Waals surface area contributed by atoms with Crippen molar-refractivity contribution in [3.8, 4) is 0 Å². The zero-order valence-corrected chi connectivity index (χ0v) is 11.1. The van der Waals surface area contributed by atoms with Crippen LogP contribution in [0.5, 0.6) is 0 Å². The van der Waals surface area contributed by atoms with E-state index < -0.39 is 0 Å². The molecule has 0 saturated carbocycles. The van der Waals surface area contributed by atoms with Gasteiger partial charge in [0.05, 0.1) is 0 Å². The molecule has 0 atom stereocenters. The molecule has 0 aliphatic carbocycles. The second kappa shape index (κ2) is 5.02. The summed E-state index contributed by atoms with van der Waals surface area (Å²) >= 11 is 6.01. The van der Waals surface area contributed by atoms with Gasteiger partial charge in [-0.1, -0.05) is 11.6 Å². The molecule has 1 aliphatic heterocycles. The number of amides is 1. The minimum absolute atomic E-state index is 0.0191. The highest BCUT2D eigenvalue weighted by Crippen LogP contribution is 2.30. The van der Waals surface area contributed by atoms with Crippen molar-refractivity contribution < 1.29 is 4.79 Å². The summed E-state index contributed by atoms with van der Waals surface area (Å²) in [4.78, 5) is 18.3. The number of hydrogen-bond acceptors (Lipinski definition) is 2. The first kappa shape index (κ1) is 12.2. The molecule has 2 heterocycles. The van der Waals surface area contributed by atoms with Crippen LogP contribution in [0.15, 0.2) is 42.7 Å². The number of rotatable bonds is 1. The van der Waals surface area contributed by atoms with Gasteiger partial charge in [-0.15, -0.1) is 0 Å². The third kappa shape index (κ3) is 2.34. The summed E-state index contributed by atoms with van der Waals surface area (Å²) in [6, 6.07) is 9.19. The quantitative estimate of drug-likeness (QED) is 0.798. The van der Waals surface area contributed by atoms with Crippen LogP contribution in [0.2, 0.25) is 5.02 Å². The van der Waals surface area contributed by atoms with Crippen LogP contribution >= 0.6 is 11.6 Å². The van der Waals surface area contributed by atoms with Gasteiger partial charge in [-0.3, -0.25) is 9.78 Å². The molecule has 0 N–H and O–H groups in total. The second-order valence-electron chi connectivity index (χ2n) is 4.57. The van der Waals surface area contributed by atoms with Crippen molar-refractivity contribution in [1.29, 1.82) is 0 Å². The molecule has 1 aromatic heterocycles. The van der Waals surface area contributed by atoms with Gasteiger partial charge in [0.1, 0.15) is 0 Å². The Morgan fingerprint density at radius 1 is 1.21 bits per heavy atom.